The predicted molar refractivity (Wildman–Crippen MR) is 56.8 cm³/mol. The van der Waals surface area contributed by atoms with E-state index in [1.807, 2.05) is 0 Å². The molecule has 0 aliphatic rings. The highest BCUT2D eigenvalue weighted by molar-refractivity contribution is 6.30. The third kappa shape index (κ3) is 3.62. The molecule has 0 saturated carbocycles. The summed E-state index contributed by atoms with van der Waals surface area (Å²) >= 11 is 5.32. The molecular weight excluding hydrogens is 256 g/mol. The third-order valence-electron chi connectivity index (χ3n) is 1.96. The van der Waals surface area contributed by atoms with Crippen LogP contribution in [0.3, 0.4) is 0 Å². The first-order valence-electron chi connectivity index (χ1n) is 4.67. The molecule has 17 heavy (non-hydrogen) atoms. The van der Waals surface area contributed by atoms with Crippen molar-refractivity contribution in [3.8, 4) is 0 Å². The Morgan fingerprint density at radius 2 is 2.06 bits per heavy atom. The number of hydrogen-bond acceptors (Lipinski definition) is 3. The Kier molecular flexibility index (Phi) is 4.80. The molecule has 0 fully saturated rings. The molecule has 0 aliphatic carbocycles. The summed E-state index contributed by atoms with van der Waals surface area (Å²) in [6.07, 6.45) is -1.15. The predicted octanol–water partition coefficient (Wildman–Crippen LogP) is 0.701. The van der Waals surface area contributed by atoms with Crippen molar-refractivity contribution in [1.82, 2.24) is 5.32 Å². The number of carbonyl (C=O) groups is 1. The fourth-order valence-corrected chi connectivity index (χ4v) is 1.22. The maximum absolute atomic E-state index is 13.3. The zero-order valence-corrected chi connectivity index (χ0v) is 9.34. The highest BCUT2D eigenvalue weighted by Gasteiger charge is 2.16. The van der Waals surface area contributed by atoms with Gasteiger partial charge in [-0.05, 0) is 12.1 Å². The van der Waals surface area contributed by atoms with Gasteiger partial charge in [-0.25, -0.2) is 8.78 Å². The van der Waals surface area contributed by atoms with Crippen LogP contribution in [0.1, 0.15) is 10.4 Å². The second-order valence-corrected chi connectivity index (χ2v) is 3.70. The molecule has 1 atom stereocenters. The summed E-state index contributed by atoms with van der Waals surface area (Å²) in [5.74, 6) is -2.78. The first kappa shape index (κ1) is 13.8. The lowest BCUT2D eigenvalue weighted by molar-refractivity contribution is 0.0799. The second kappa shape index (κ2) is 5.90. The van der Waals surface area contributed by atoms with Crippen LogP contribution in [-0.4, -0.2) is 35.4 Å². The van der Waals surface area contributed by atoms with Crippen molar-refractivity contribution in [3.05, 3.63) is 34.4 Å². The van der Waals surface area contributed by atoms with Gasteiger partial charge in [0.1, 0.15) is 11.6 Å². The first-order valence-corrected chi connectivity index (χ1v) is 5.05. The molecule has 7 heteroatoms. The van der Waals surface area contributed by atoms with Gasteiger partial charge >= 0.3 is 0 Å². The first-order chi connectivity index (χ1) is 7.95. The van der Waals surface area contributed by atoms with E-state index in [4.69, 9.17) is 21.8 Å². The fraction of sp³-hybridized carbons (Fsp3) is 0.300. The molecule has 0 aliphatic heterocycles. The fourth-order valence-electron chi connectivity index (χ4n) is 1.07. The van der Waals surface area contributed by atoms with Gasteiger partial charge in [0.25, 0.3) is 5.91 Å². The quantitative estimate of drug-likeness (QED) is 0.702. The molecule has 94 valence electrons. The number of amides is 1. The molecule has 1 amide bonds. The van der Waals surface area contributed by atoms with E-state index in [0.29, 0.717) is 12.1 Å². The van der Waals surface area contributed by atoms with Gasteiger partial charge in [-0.15, -0.1) is 0 Å². The van der Waals surface area contributed by atoms with Crippen molar-refractivity contribution in [1.29, 1.82) is 0 Å². The molecule has 4 nitrogen and oxygen atoms in total. The lowest BCUT2D eigenvalue weighted by atomic mass is 10.2. The smallest absolute Gasteiger partial charge is 0.254 e. The van der Waals surface area contributed by atoms with E-state index in [0.717, 1.165) is 0 Å². The highest BCUT2D eigenvalue weighted by atomic mass is 35.5. The SMILES string of the molecule is O=C(NCC(O)CO)c1cc(F)c(Cl)cc1F. The van der Waals surface area contributed by atoms with Crippen LogP contribution in [0.4, 0.5) is 8.78 Å². The lowest BCUT2D eigenvalue weighted by Crippen LogP contribution is -2.34. The molecule has 0 heterocycles. The minimum atomic E-state index is -1.15. The van der Waals surface area contributed by atoms with Crippen molar-refractivity contribution in [2.24, 2.45) is 0 Å². The molecule has 1 aromatic rings. The minimum absolute atomic E-state index is 0.265. The van der Waals surface area contributed by atoms with Gasteiger partial charge < -0.3 is 15.5 Å². The molecule has 1 unspecified atom stereocenters. The number of benzene rings is 1. The molecule has 1 rings (SSSR count). The minimum Gasteiger partial charge on any atom is -0.394 e. The van der Waals surface area contributed by atoms with Gasteiger partial charge in [-0.2, -0.15) is 0 Å². The topological polar surface area (TPSA) is 69.6 Å². The van der Waals surface area contributed by atoms with Crippen molar-refractivity contribution in [2.75, 3.05) is 13.2 Å². The number of aliphatic hydroxyl groups is 2. The Morgan fingerprint density at radius 3 is 2.65 bits per heavy atom. The van der Waals surface area contributed by atoms with Crippen molar-refractivity contribution in [2.45, 2.75) is 6.10 Å². The van der Waals surface area contributed by atoms with Crippen LogP contribution in [0.25, 0.3) is 0 Å². The molecule has 0 radical (unpaired) electrons. The van der Waals surface area contributed by atoms with E-state index in [-0.39, 0.29) is 6.54 Å². The number of carbonyl (C=O) groups excluding carboxylic acids is 1. The maximum atomic E-state index is 13.3. The Labute approximate surface area is 101 Å². The van der Waals surface area contributed by atoms with E-state index < -0.39 is 40.8 Å². The molecule has 0 spiro atoms. The van der Waals surface area contributed by atoms with E-state index >= 15 is 0 Å². The van der Waals surface area contributed by atoms with Crippen LogP contribution in [0.2, 0.25) is 5.02 Å². The average molecular weight is 266 g/mol. The van der Waals surface area contributed by atoms with Crippen LogP contribution in [0.15, 0.2) is 12.1 Å². The Hall–Kier alpha value is -1.24. The maximum Gasteiger partial charge on any atom is 0.254 e. The van der Waals surface area contributed by atoms with E-state index in [1.165, 1.54) is 0 Å². The number of rotatable bonds is 4. The summed E-state index contributed by atoms with van der Waals surface area (Å²) in [6.45, 7) is -0.809. The number of nitrogens with one attached hydrogen (secondary N) is 1. The Morgan fingerprint density at radius 1 is 1.41 bits per heavy atom. The number of hydrogen-bond donors (Lipinski definition) is 3. The van der Waals surface area contributed by atoms with Gasteiger partial charge in [-0.1, -0.05) is 11.6 Å². The van der Waals surface area contributed by atoms with Crippen LogP contribution in [0.5, 0.6) is 0 Å². The standard InChI is InChI=1S/C10H10ClF2NO3/c11-7-2-8(12)6(1-9(7)13)10(17)14-3-5(16)4-15/h1-2,5,15-16H,3-4H2,(H,14,17). The summed E-state index contributed by atoms with van der Waals surface area (Å²) in [4.78, 5) is 11.4. The summed E-state index contributed by atoms with van der Waals surface area (Å²) in [5.41, 5.74) is -0.517. The second-order valence-electron chi connectivity index (χ2n) is 3.29. The average Bonchev–Trinajstić information content (AvgIpc) is 2.30. The summed E-state index contributed by atoms with van der Waals surface area (Å²) < 4.78 is 26.3. The summed E-state index contributed by atoms with van der Waals surface area (Å²) in [7, 11) is 0. The van der Waals surface area contributed by atoms with Crippen molar-refractivity contribution >= 4 is 17.5 Å². The van der Waals surface area contributed by atoms with Gasteiger partial charge in [0.2, 0.25) is 0 Å². The Balaban J connectivity index is 2.79. The van der Waals surface area contributed by atoms with Crippen molar-refractivity contribution in [3.63, 3.8) is 0 Å². The molecule has 0 saturated heterocycles. The zero-order chi connectivity index (χ0) is 13.0. The van der Waals surface area contributed by atoms with Crippen molar-refractivity contribution < 1.29 is 23.8 Å². The van der Waals surface area contributed by atoms with Crippen LogP contribution in [-0.2, 0) is 0 Å². The van der Waals surface area contributed by atoms with Gasteiger partial charge in [0, 0.05) is 6.54 Å². The van der Waals surface area contributed by atoms with Crippen LogP contribution in [0, 0.1) is 11.6 Å². The van der Waals surface area contributed by atoms with Gasteiger partial charge in [0.05, 0.1) is 23.3 Å². The molecule has 0 bridgehead atoms. The lowest BCUT2D eigenvalue weighted by Gasteiger charge is -2.09. The highest BCUT2D eigenvalue weighted by Crippen LogP contribution is 2.19. The van der Waals surface area contributed by atoms with E-state index in [9.17, 15) is 13.6 Å². The van der Waals surface area contributed by atoms with Gasteiger partial charge in [-0.3, -0.25) is 4.79 Å². The van der Waals surface area contributed by atoms with Gasteiger partial charge in [0.15, 0.2) is 0 Å². The monoisotopic (exact) mass is 265 g/mol. The molecule has 1 aromatic carbocycles. The van der Waals surface area contributed by atoms with Crippen LogP contribution >= 0.6 is 11.6 Å². The third-order valence-corrected chi connectivity index (χ3v) is 2.25. The number of aliphatic hydroxyl groups excluding tert-OH is 2. The Bertz CT molecular complexity index is 428. The molecular formula is C10H10ClF2NO3. The molecule has 3 N–H and O–H groups in total. The zero-order valence-electron chi connectivity index (χ0n) is 8.58. The molecule has 0 aromatic heterocycles. The van der Waals surface area contributed by atoms with Crippen LogP contribution < -0.4 is 5.32 Å². The number of halogens is 3. The summed E-state index contributed by atoms with van der Waals surface area (Å²) in [5, 5.41) is 19.2. The summed E-state index contributed by atoms with van der Waals surface area (Å²) in [6, 6.07) is 1.35. The van der Waals surface area contributed by atoms with E-state index in [2.05, 4.69) is 5.32 Å². The van der Waals surface area contributed by atoms with E-state index in [1.54, 1.807) is 0 Å². The normalized spacial score (nSPS) is 12.3. The largest absolute Gasteiger partial charge is 0.394 e.